The van der Waals surface area contributed by atoms with E-state index in [9.17, 15) is 0 Å². The molecule has 0 saturated heterocycles. The van der Waals surface area contributed by atoms with E-state index in [1.165, 1.54) is 0 Å². The third-order valence-electron chi connectivity index (χ3n) is 3.77. The predicted octanol–water partition coefficient (Wildman–Crippen LogP) is 3.75. The number of nitrogens with zero attached hydrogens (tertiary/aromatic N) is 3. The number of anilines is 2. The van der Waals surface area contributed by atoms with Crippen molar-refractivity contribution >= 4 is 41.4 Å². The molecular weight excluding hydrogens is 469 g/mol. The third kappa shape index (κ3) is 6.74. The Morgan fingerprint density at radius 2 is 1.96 bits per heavy atom. The molecule has 1 aromatic heterocycles. The highest BCUT2D eigenvalue weighted by atomic mass is 127. The van der Waals surface area contributed by atoms with E-state index in [1.54, 1.807) is 13.3 Å². The molecule has 0 atom stereocenters. The summed E-state index contributed by atoms with van der Waals surface area (Å²) in [5.41, 5.74) is 1.93. The molecule has 0 unspecified atom stereocenters. The maximum absolute atomic E-state index is 5.64. The summed E-state index contributed by atoms with van der Waals surface area (Å²) in [6.45, 7) is 5.83. The fourth-order valence-electron chi connectivity index (χ4n) is 2.59. The minimum Gasteiger partial charge on any atom is -0.493 e. The number of hydrogen-bond donors (Lipinski definition) is 2. The summed E-state index contributed by atoms with van der Waals surface area (Å²) in [6.07, 6.45) is 1.79. The van der Waals surface area contributed by atoms with Crippen molar-refractivity contribution < 1.29 is 9.47 Å². The van der Waals surface area contributed by atoms with Crippen LogP contribution in [0.5, 0.6) is 11.5 Å². The molecular formula is C20H30IN5O2. The van der Waals surface area contributed by atoms with E-state index in [1.807, 2.05) is 63.2 Å². The van der Waals surface area contributed by atoms with Gasteiger partial charge in [-0.05, 0) is 32.0 Å². The Bertz CT molecular complexity index is 768. The second-order valence-corrected chi connectivity index (χ2v) is 6.00. The molecule has 0 amide bonds. The summed E-state index contributed by atoms with van der Waals surface area (Å²) in [4.78, 5) is 11.1. The average Bonchev–Trinajstić information content (AvgIpc) is 2.67. The number of hydrogen-bond acceptors (Lipinski definition) is 5. The van der Waals surface area contributed by atoms with E-state index in [0.717, 1.165) is 23.6 Å². The van der Waals surface area contributed by atoms with Gasteiger partial charge in [-0.1, -0.05) is 6.07 Å². The number of halogens is 1. The number of guanidine groups is 1. The molecule has 2 aromatic rings. The minimum absolute atomic E-state index is 0. The molecule has 1 aromatic carbocycles. The fourth-order valence-corrected chi connectivity index (χ4v) is 2.59. The van der Waals surface area contributed by atoms with Gasteiger partial charge < -0.3 is 25.0 Å². The van der Waals surface area contributed by atoms with Gasteiger partial charge in [-0.3, -0.25) is 0 Å². The molecule has 0 bridgehead atoms. The molecule has 2 N–H and O–H groups in total. The SMILES string of the molecule is CCNC(=NCc1cccnc1N(C)C)Nc1ccc(OC)c(OCC)c1.I. The van der Waals surface area contributed by atoms with Crippen molar-refractivity contribution in [2.75, 3.05) is 44.6 Å². The standard InChI is InChI=1S/C20H29N5O2.HI/c1-6-21-20(23-14-15-9-8-12-22-19(15)25(3)4)24-16-10-11-17(26-5)18(13-16)27-7-2;/h8-13H,6-7,14H2,1-5H3,(H2,21,23,24);1H. The van der Waals surface area contributed by atoms with Gasteiger partial charge in [-0.2, -0.15) is 0 Å². The van der Waals surface area contributed by atoms with Crippen molar-refractivity contribution in [2.24, 2.45) is 4.99 Å². The van der Waals surface area contributed by atoms with Crippen LogP contribution in [-0.2, 0) is 6.54 Å². The number of aromatic nitrogens is 1. The lowest BCUT2D eigenvalue weighted by atomic mass is 10.2. The minimum atomic E-state index is 0. The highest BCUT2D eigenvalue weighted by molar-refractivity contribution is 14.0. The summed E-state index contributed by atoms with van der Waals surface area (Å²) < 4.78 is 11.0. The van der Waals surface area contributed by atoms with Gasteiger partial charge in [-0.25, -0.2) is 9.98 Å². The monoisotopic (exact) mass is 499 g/mol. The van der Waals surface area contributed by atoms with Crippen LogP contribution in [0.2, 0.25) is 0 Å². The summed E-state index contributed by atoms with van der Waals surface area (Å²) in [5.74, 6) is 3.01. The lowest BCUT2D eigenvalue weighted by molar-refractivity contribution is 0.311. The van der Waals surface area contributed by atoms with Crippen LogP contribution in [-0.4, -0.2) is 45.3 Å². The average molecular weight is 499 g/mol. The second-order valence-electron chi connectivity index (χ2n) is 6.00. The third-order valence-corrected chi connectivity index (χ3v) is 3.77. The number of aliphatic imine (C=N–C) groups is 1. The Morgan fingerprint density at radius 3 is 2.61 bits per heavy atom. The van der Waals surface area contributed by atoms with Crippen molar-refractivity contribution in [1.82, 2.24) is 10.3 Å². The first-order valence-corrected chi connectivity index (χ1v) is 9.06. The van der Waals surface area contributed by atoms with Crippen LogP contribution in [0, 0.1) is 0 Å². The van der Waals surface area contributed by atoms with Gasteiger partial charge in [0.15, 0.2) is 17.5 Å². The van der Waals surface area contributed by atoms with Crippen LogP contribution in [0.1, 0.15) is 19.4 Å². The second kappa shape index (κ2) is 12.3. The Kier molecular flexibility index (Phi) is 10.4. The molecule has 0 saturated carbocycles. The van der Waals surface area contributed by atoms with Gasteiger partial charge in [0, 0.05) is 44.2 Å². The molecule has 0 spiro atoms. The molecule has 2 rings (SSSR count). The van der Waals surface area contributed by atoms with E-state index in [-0.39, 0.29) is 24.0 Å². The molecule has 0 fully saturated rings. The van der Waals surface area contributed by atoms with E-state index < -0.39 is 0 Å². The smallest absolute Gasteiger partial charge is 0.196 e. The van der Waals surface area contributed by atoms with Crippen molar-refractivity contribution in [2.45, 2.75) is 20.4 Å². The molecule has 0 aliphatic rings. The molecule has 0 aliphatic carbocycles. The van der Waals surface area contributed by atoms with Gasteiger partial charge in [0.25, 0.3) is 0 Å². The summed E-state index contributed by atoms with van der Waals surface area (Å²) in [5, 5.41) is 6.58. The number of rotatable bonds is 8. The topological polar surface area (TPSA) is 71.0 Å². The lowest BCUT2D eigenvalue weighted by Crippen LogP contribution is -2.30. The molecule has 0 radical (unpaired) electrons. The number of pyridine rings is 1. The number of benzene rings is 1. The van der Waals surface area contributed by atoms with Gasteiger partial charge in [0.1, 0.15) is 5.82 Å². The number of nitrogens with one attached hydrogen (secondary N) is 2. The summed E-state index contributed by atoms with van der Waals surface area (Å²) >= 11 is 0. The Labute approximate surface area is 184 Å². The van der Waals surface area contributed by atoms with Crippen molar-refractivity contribution in [3.05, 3.63) is 42.1 Å². The van der Waals surface area contributed by atoms with Gasteiger partial charge in [0.05, 0.1) is 20.3 Å². The highest BCUT2D eigenvalue weighted by Crippen LogP contribution is 2.30. The molecule has 7 nitrogen and oxygen atoms in total. The van der Waals surface area contributed by atoms with Crippen LogP contribution >= 0.6 is 24.0 Å². The highest BCUT2D eigenvalue weighted by Gasteiger charge is 2.08. The molecule has 154 valence electrons. The normalized spacial score (nSPS) is 10.7. The first-order valence-electron chi connectivity index (χ1n) is 9.06. The summed E-state index contributed by atoms with van der Waals surface area (Å²) in [7, 11) is 5.59. The molecule has 8 heteroatoms. The fraction of sp³-hybridized carbons (Fsp3) is 0.400. The van der Waals surface area contributed by atoms with Crippen molar-refractivity contribution in [3.8, 4) is 11.5 Å². The zero-order chi connectivity index (χ0) is 19.6. The van der Waals surface area contributed by atoms with Crippen LogP contribution in [0.4, 0.5) is 11.5 Å². The van der Waals surface area contributed by atoms with E-state index in [0.29, 0.717) is 30.6 Å². The lowest BCUT2D eigenvalue weighted by Gasteiger charge is -2.16. The zero-order valence-electron chi connectivity index (χ0n) is 17.2. The number of methoxy groups -OCH3 is 1. The van der Waals surface area contributed by atoms with Crippen LogP contribution in [0.15, 0.2) is 41.5 Å². The maximum Gasteiger partial charge on any atom is 0.196 e. The predicted molar refractivity (Wildman–Crippen MR) is 127 cm³/mol. The zero-order valence-corrected chi connectivity index (χ0v) is 19.5. The van der Waals surface area contributed by atoms with E-state index in [4.69, 9.17) is 14.5 Å². The van der Waals surface area contributed by atoms with Gasteiger partial charge in [-0.15, -0.1) is 24.0 Å². The van der Waals surface area contributed by atoms with Crippen molar-refractivity contribution in [1.29, 1.82) is 0 Å². The van der Waals surface area contributed by atoms with Crippen molar-refractivity contribution in [3.63, 3.8) is 0 Å². The van der Waals surface area contributed by atoms with Crippen LogP contribution in [0.25, 0.3) is 0 Å². The maximum atomic E-state index is 5.64. The van der Waals surface area contributed by atoms with Gasteiger partial charge >= 0.3 is 0 Å². The van der Waals surface area contributed by atoms with Gasteiger partial charge in [0.2, 0.25) is 0 Å². The summed E-state index contributed by atoms with van der Waals surface area (Å²) in [6, 6.07) is 9.68. The molecule has 1 heterocycles. The van der Waals surface area contributed by atoms with E-state index >= 15 is 0 Å². The first kappa shape index (κ1) is 23.8. The molecule has 28 heavy (non-hydrogen) atoms. The largest absolute Gasteiger partial charge is 0.493 e. The quantitative estimate of drug-likeness (QED) is 0.328. The first-order chi connectivity index (χ1) is 13.1. The van der Waals surface area contributed by atoms with E-state index in [2.05, 4.69) is 15.6 Å². The number of ether oxygens (including phenoxy) is 2. The Morgan fingerprint density at radius 1 is 1.18 bits per heavy atom. The Hall–Kier alpha value is -2.23. The van der Waals surface area contributed by atoms with Crippen LogP contribution in [0.3, 0.4) is 0 Å². The Balaban J connectivity index is 0.00000392. The molecule has 0 aliphatic heterocycles. The van der Waals surface area contributed by atoms with Crippen LogP contribution < -0.4 is 25.0 Å².